The molecule has 0 saturated carbocycles. The Balaban J connectivity index is 1.46. The molecule has 0 aliphatic carbocycles. The summed E-state index contributed by atoms with van der Waals surface area (Å²) < 4.78 is 5.13. The molecule has 8 nitrogen and oxygen atoms in total. The standard InChI is InChI=1S/C25H24N4O4/c1-33-11-10-29-22(30)20-19(12-14-13-26-17-8-4-2-6-15(14)17)28-25(21(20)23(29)31)16-7-3-5-9-18(16)27-24(25)32/h2-9,13,19-21,26,28H,10-12H2,1H3,(H,27,32)/t19-,20+,21-,25-/m0/s1. The molecule has 3 amide bonds. The highest BCUT2D eigenvalue weighted by molar-refractivity contribution is 6.15. The molecule has 1 spiro atoms. The Kier molecular flexibility index (Phi) is 4.43. The third-order valence-electron chi connectivity index (χ3n) is 7.35. The smallest absolute Gasteiger partial charge is 0.250 e. The molecule has 3 aliphatic heterocycles. The van der Waals surface area contributed by atoms with E-state index in [2.05, 4.69) is 15.6 Å². The second-order valence-electron chi connectivity index (χ2n) is 8.95. The van der Waals surface area contributed by atoms with Gasteiger partial charge in [-0.1, -0.05) is 36.4 Å². The maximum Gasteiger partial charge on any atom is 0.250 e. The summed E-state index contributed by atoms with van der Waals surface area (Å²) >= 11 is 0. The van der Waals surface area contributed by atoms with Crippen molar-refractivity contribution in [3.05, 3.63) is 65.9 Å². The SMILES string of the molecule is COCCN1C(=O)[C@@H]2[C@H](Cc3c[nH]c4ccccc34)N[C@]3(C(=O)Nc4ccccc43)[C@@H]2C1=O. The Labute approximate surface area is 190 Å². The number of amides is 3. The number of H-pyrrole nitrogens is 1. The number of para-hydroxylation sites is 2. The van der Waals surface area contributed by atoms with Crippen LogP contribution >= 0.6 is 0 Å². The minimum Gasteiger partial charge on any atom is -0.383 e. The summed E-state index contributed by atoms with van der Waals surface area (Å²) in [6.45, 7) is 0.438. The fourth-order valence-electron chi connectivity index (χ4n) is 5.93. The van der Waals surface area contributed by atoms with Crippen LogP contribution in [0.5, 0.6) is 0 Å². The molecule has 3 N–H and O–H groups in total. The minimum atomic E-state index is -1.27. The monoisotopic (exact) mass is 444 g/mol. The molecule has 33 heavy (non-hydrogen) atoms. The Morgan fingerprint density at radius 3 is 2.67 bits per heavy atom. The fraction of sp³-hybridized carbons (Fsp3) is 0.320. The Morgan fingerprint density at radius 1 is 1.03 bits per heavy atom. The number of benzene rings is 2. The van der Waals surface area contributed by atoms with Crippen LogP contribution in [-0.4, -0.2) is 53.9 Å². The number of imide groups is 1. The molecule has 0 radical (unpaired) electrons. The largest absolute Gasteiger partial charge is 0.383 e. The van der Waals surface area contributed by atoms with Gasteiger partial charge < -0.3 is 15.0 Å². The number of rotatable bonds is 5. The van der Waals surface area contributed by atoms with Crippen molar-refractivity contribution in [3.63, 3.8) is 0 Å². The molecular weight excluding hydrogens is 420 g/mol. The van der Waals surface area contributed by atoms with E-state index in [0.29, 0.717) is 12.1 Å². The molecule has 4 atom stereocenters. The first kappa shape index (κ1) is 20.1. The number of aromatic nitrogens is 1. The van der Waals surface area contributed by atoms with Crippen molar-refractivity contribution in [1.29, 1.82) is 0 Å². The maximum absolute atomic E-state index is 13.6. The first-order chi connectivity index (χ1) is 16.1. The highest BCUT2D eigenvalue weighted by Crippen LogP contribution is 2.53. The lowest BCUT2D eigenvalue weighted by Crippen LogP contribution is -2.53. The number of carbonyl (C=O) groups excluding carboxylic acids is 3. The first-order valence-corrected chi connectivity index (χ1v) is 11.1. The van der Waals surface area contributed by atoms with Crippen LogP contribution in [0.15, 0.2) is 54.7 Å². The number of fused-ring (bicyclic) bond motifs is 5. The van der Waals surface area contributed by atoms with Gasteiger partial charge in [0.2, 0.25) is 17.7 Å². The number of ether oxygens (including phenoxy) is 1. The second kappa shape index (κ2) is 7.26. The van der Waals surface area contributed by atoms with Gasteiger partial charge >= 0.3 is 0 Å². The lowest BCUT2D eigenvalue weighted by atomic mass is 9.76. The number of hydrogen-bond donors (Lipinski definition) is 3. The summed E-state index contributed by atoms with van der Waals surface area (Å²) in [5.41, 5.74) is 2.18. The van der Waals surface area contributed by atoms with Crippen LogP contribution in [0.3, 0.4) is 0 Å². The van der Waals surface area contributed by atoms with Crippen LogP contribution in [-0.2, 0) is 31.1 Å². The molecule has 168 valence electrons. The van der Waals surface area contributed by atoms with Gasteiger partial charge in [0.15, 0.2) is 0 Å². The van der Waals surface area contributed by atoms with Crippen LogP contribution in [0, 0.1) is 11.8 Å². The number of carbonyl (C=O) groups is 3. The number of hydrogen-bond acceptors (Lipinski definition) is 5. The maximum atomic E-state index is 13.6. The van der Waals surface area contributed by atoms with Gasteiger partial charge in [-0.2, -0.15) is 0 Å². The van der Waals surface area contributed by atoms with Crippen LogP contribution in [0.2, 0.25) is 0 Å². The molecule has 3 aliphatic rings. The summed E-state index contributed by atoms with van der Waals surface area (Å²) in [6.07, 6.45) is 2.46. The Hall–Kier alpha value is -3.49. The van der Waals surface area contributed by atoms with Crippen LogP contribution in [0.1, 0.15) is 11.1 Å². The third kappa shape index (κ3) is 2.68. The molecule has 4 heterocycles. The van der Waals surface area contributed by atoms with E-state index in [1.165, 1.54) is 12.0 Å². The highest BCUT2D eigenvalue weighted by Gasteiger charge is 2.70. The van der Waals surface area contributed by atoms with E-state index in [9.17, 15) is 14.4 Å². The van der Waals surface area contributed by atoms with Crippen molar-refractivity contribution >= 4 is 34.3 Å². The predicted octanol–water partition coefficient (Wildman–Crippen LogP) is 1.78. The lowest BCUT2D eigenvalue weighted by molar-refractivity contribution is -0.143. The molecule has 0 bridgehead atoms. The summed E-state index contributed by atoms with van der Waals surface area (Å²) in [5, 5.41) is 7.49. The van der Waals surface area contributed by atoms with Crippen LogP contribution in [0.25, 0.3) is 10.9 Å². The van der Waals surface area contributed by atoms with Crippen LogP contribution < -0.4 is 10.6 Å². The molecule has 1 aromatic heterocycles. The lowest BCUT2D eigenvalue weighted by Gasteiger charge is -2.29. The fourth-order valence-corrected chi connectivity index (χ4v) is 5.93. The zero-order valence-corrected chi connectivity index (χ0v) is 18.1. The van der Waals surface area contributed by atoms with Crippen molar-refractivity contribution < 1.29 is 19.1 Å². The van der Waals surface area contributed by atoms with E-state index in [4.69, 9.17) is 4.74 Å². The second-order valence-corrected chi connectivity index (χ2v) is 8.95. The van der Waals surface area contributed by atoms with E-state index in [1.54, 1.807) is 0 Å². The summed E-state index contributed by atoms with van der Waals surface area (Å²) in [7, 11) is 1.54. The Morgan fingerprint density at radius 2 is 1.82 bits per heavy atom. The third-order valence-corrected chi connectivity index (χ3v) is 7.35. The van der Waals surface area contributed by atoms with E-state index < -0.39 is 17.4 Å². The molecule has 8 heteroatoms. The van der Waals surface area contributed by atoms with Gasteiger partial charge in [-0.05, 0) is 24.1 Å². The molecule has 2 aromatic carbocycles. The molecule has 3 aromatic rings. The number of aromatic amines is 1. The van der Waals surface area contributed by atoms with Crippen molar-refractivity contribution in [2.45, 2.75) is 18.0 Å². The quantitative estimate of drug-likeness (QED) is 0.521. The Bertz CT molecular complexity index is 1300. The van der Waals surface area contributed by atoms with Crippen LogP contribution in [0.4, 0.5) is 5.69 Å². The highest BCUT2D eigenvalue weighted by atomic mass is 16.5. The number of nitrogens with one attached hydrogen (secondary N) is 3. The molecular formula is C25H24N4O4. The van der Waals surface area contributed by atoms with Gasteiger partial charge in [0, 0.05) is 41.5 Å². The predicted molar refractivity (Wildman–Crippen MR) is 121 cm³/mol. The normalized spacial score (nSPS) is 28.1. The number of anilines is 1. The van der Waals surface area contributed by atoms with E-state index in [0.717, 1.165) is 22.0 Å². The van der Waals surface area contributed by atoms with E-state index >= 15 is 0 Å². The van der Waals surface area contributed by atoms with Gasteiger partial charge in [0.25, 0.3) is 0 Å². The molecule has 2 fully saturated rings. The topological polar surface area (TPSA) is 104 Å². The molecule has 2 saturated heterocycles. The van der Waals surface area contributed by atoms with Gasteiger partial charge in [0.05, 0.1) is 25.0 Å². The van der Waals surface area contributed by atoms with Gasteiger partial charge in [0.1, 0.15) is 5.54 Å². The summed E-state index contributed by atoms with van der Waals surface area (Å²) in [4.78, 5) is 45.1. The number of likely N-dealkylation sites (tertiary alicyclic amines) is 1. The molecule has 0 unspecified atom stereocenters. The summed E-state index contributed by atoms with van der Waals surface area (Å²) in [6, 6.07) is 15.0. The number of nitrogens with zero attached hydrogens (tertiary/aromatic N) is 1. The first-order valence-electron chi connectivity index (χ1n) is 11.1. The van der Waals surface area contributed by atoms with Gasteiger partial charge in [-0.15, -0.1) is 0 Å². The van der Waals surface area contributed by atoms with Crippen molar-refractivity contribution in [1.82, 2.24) is 15.2 Å². The average molecular weight is 444 g/mol. The van der Waals surface area contributed by atoms with Crippen molar-refractivity contribution in [2.75, 3.05) is 25.6 Å². The van der Waals surface area contributed by atoms with E-state index in [1.807, 2.05) is 54.7 Å². The van der Waals surface area contributed by atoms with Crippen molar-refractivity contribution in [3.8, 4) is 0 Å². The summed E-state index contributed by atoms with van der Waals surface area (Å²) in [5.74, 6) is -2.29. The van der Waals surface area contributed by atoms with E-state index in [-0.39, 0.29) is 36.9 Å². The molecule has 6 rings (SSSR count). The minimum absolute atomic E-state index is 0.181. The van der Waals surface area contributed by atoms with Gasteiger partial charge in [-0.3, -0.25) is 24.6 Å². The van der Waals surface area contributed by atoms with Crippen molar-refractivity contribution in [2.24, 2.45) is 11.8 Å². The zero-order chi connectivity index (χ0) is 22.7. The van der Waals surface area contributed by atoms with Gasteiger partial charge in [-0.25, -0.2) is 0 Å². The zero-order valence-electron chi connectivity index (χ0n) is 18.1. The number of methoxy groups -OCH3 is 1. The average Bonchev–Trinajstić information content (AvgIpc) is 3.53.